The van der Waals surface area contributed by atoms with Crippen LogP contribution >= 0.6 is 34.0 Å². The minimum Gasteiger partial charge on any atom is -0.456 e. The van der Waals surface area contributed by atoms with Crippen molar-refractivity contribution in [2.75, 3.05) is 11.4 Å². The number of esters is 1. The Kier molecular flexibility index (Phi) is 8.38. The normalized spacial score (nSPS) is 23.3. The molecule has 2 aromatic carbocycles. The summed E-state index contributed by atoms with van der Waals surface area (Å²) in [5, 5.41) is 9.53. The van der Waals surface area contributed by atoms with E-state index in [1.165, 1.54) is 71.1 Å². The number of carbonyl (C=O) groups is 1. The number of hydrogen-bond acceptors (Lipinski definition) is 7. The van der Waals surface area contributed by atoms with Crippen LogP contribution in [-0.4, -0.2) is 24.2 Å². The average molecular weight is 701 g/mol. The molecule has 7 heteroatoms. The Morgan fingerprint density at radius 2 is 1.57 bits per heavy atom. The number of allylic oxidation sites excluding steroid dienone is 2. The number of ether oxygens (including phenoxy) is 1. The zero-order valence-corrected chi connectivity index (χ0v) is 30.6. The molecule has 4 unspecified atom stereocenters. The van der Waals surface area contributed by atoms with E-state index in [4.69, 9.17) is 4.74 Å². The van der Waals surface area contributed by atoms with Crippen LogP contribution in [0.5, 0.6) is 0 Å². The van der Waals surface area contributed by atoms with E-state index in [1.54, 1.807) is 26.8 Å². The van der Waals surface area contributed by atoms with Crippen molar-refractivity contribution in [2.45, 2.75) is 64.5 Å². The van der Waals surface area contributed by atoms with E-state index >= 15 is 0 Å². The number of rotatable bonds is 5. The van der Waals surface area contributed by atoms with Crippen molar-refractivity contribution in [2.24, 2.45) is 17.8 Å². The van der Waals surface area contributed by atoms with Crippen molar-refractivity contribution in [1.82, 2.24) is 0 Å². The van der Waals surface area contributed by atoms with Crippen LogP contribution in [0.4, 0.5) is 5.69 Å². The zero-order valence-electron chi connectivity index (χ0n) is 28.2. The molecule has 248 valence electrons. The van der Waals surface area contributed by atoms with E-state index < -0.39 is 11.6 Å². The topological polar surface area (TPSA) is 53.3 Å². The van der Waals surface area contributed by atoms with Gasteiger partial charge in [0.15, 0.2) is 0 Å². The van der Waals surface area contributed by atoms with Crippen LogP contribution in [0.1, 0.15) is 58.4 Å². The molecule has 2 fully saturated rings. The number of thiophene rings is 3. The summed E-state index contributed by atoms with van der Waals surface area (Å²) in [6.07, 6.45) is 12.7. The van der Waals surface area contributed by atoms with Crippen molar-refractivity contribution in [3.8, 4) is 27.0 Å². The summed E-state index contributed by atoms with van der Waals surface area (Å²) >= 11 is 5.59. The Hall–Kier alpha value is -3.96. The first-order valence-electron chi connectivity index (χ1n) is 17.3. The number of nitriles is 1. The Morgan fingerprint density at radius 3 is 2.20 bits per heavy atom. The van der Waals surface area contributed by atoms with E-state index in [1.807, 2.05) is 52.2 Å². The monoisotopic (exact) mass is 700 g/mol. The molecule has 5 aromatic rings. The van der Waals surface area contributed by atoms with E-state index in [2.05, 4.69) is 72.2 Å². The average Bonchev–Trinajstić information content (AvgIpc) is 3.90. The van der Waals surface area contributed by atoms with Crippen LogP contribution in [0.25, 0.3) is 45.8 Å². The fourth-order valence-corrected chi connectivity index (χ4v) is 12.3. The van der Waals surface area contributed by atoms with Gasteiger partial charge in [0.1, 0.15) is 17.2 Å². The molecule has 8 rings (SSSR count). The van der Waals surface area contributed by atoms with Crippen LogP contribution in [0.2, 0.25) is 0 Å². The van der Waals surface area contributed by atoms with Crippen molar-refractivity contribution in [3.63, 3.8) is 0 Å². The summed E-state index contributed by atoms with van der Waals surface area (Å²) in [6.45, 7) is 11.0. The van der Waals surface area contributed by atoms with Crippen molar-refractivity contribution in [1.29, 1.82) is 5.26 Å². The minimum atomic E-state index is -0.651. The Balaban J connectivity index is 1.02. The molecular weight excluding hydrogens is 661 g/mol. The van der Waals surface area contributed by atoms with E-state index in [-0.39, 0.29) is 5.57 Å². The third-order valence-corrected chi connectivity index (χ3v) is 14.2. The summed E-state index contributed by atoms with van der Waals surface area (Å²) in [5.74, 6) is 1.57. The first-order chi connectivity index (χ1) is 23.6. The highest BCUT2D eigenvalue weighted by Gasteiger charge is 2.50. The number of benzene rings is 2. The molecule has 0 N–H and O–H groups in total. The van der Waals surface area contributed by atoms with Gasteiger partial charge in [-0.05, 0) is 112 Å². The van der Waals surface area contributed by atoms with Gasteiger partial charge in [-0.25, -0.2) is 4.79 Å². The molecule has 4 nitrogen and oxygen atoms in total. The first kappa shape index (κ1) is 32.3. The van der Waals surface area contributed by atoms with Gasteiger partial charge in [-0.15, -0.1) is 34.0 Å². The first-order valence-corrected chi connectivity index (χ1v) is 19.7. The standard InChI is InChI=1S/C42H40N2O2S3/c1-25-8-6-5-7-19-44(38-30-14-13-29(21-30)37(25)38)32-17-15-28(16-18-32)34-23-36-40(49-34)39-35(47-36)22-33(48-39)27-11-9-26(10-12-27)20-31(24-43)41(45)46-42(2,3)4/h6,8-12,15-18,20,22-23,29-30,37-38H,1,5,7,13-14,19,21H2,2-4H3/b8-6-,31-20+. The fourth-order valence-electron chi connectivity index (χ4n) is 8.22. The van der Waals surface area contributed by atoms with Crippen LogP contribution in [0.15, 0.2) is 90.5 Å². The lowest BCUT2D eigenvalue weighted by molar-refractivity contribution is -0.149. The van der Waals surface area contributed by atoms with E-state index in [0.717, 1.165) is 35.9 Å². The smallest absolute Gasteiger partial charge is 0.349 e. The highest BCUT2D eigenvalue weighted by molar-refractivity contribution is 7.40. The van der Waals surface area contributed by atoms with Gasteiger partial charge in [0, 0.05) is 43.3 Å². The Morgan fingerprint density at radius 1 is 0.939 bits per heavy atom. The van der Waals surface area contributed by atoms with Gasteiger partial charge < -0.3 is 9.64 Å². The third-order valence-electron chi connectivity index (χ3n) is 10.3. The molecule has 3 aliphatic rings. The predicted molar refractivity (Wildman–Crippen MR) is 208 cm³/mol. The second kappa shape index (κ2) is 12.7. The maximum Gasteiger partial charge on any atom is 0.349 e. The van der Waals surface area contributed by atoms with Crippen molar-refractivity contribution < 1.29 is 9.53 Å². The molecule has 2 aliphatic carbocycles. The number of anilines is 1. The van der Waals surface area contributed by atoms with Gasteiger partial charge in [-0.1, -0.05) is 60.7 Å². The van der Waals surface area contributed by atoms with Crippen LogP contribution in [0, 0.1) is 29.1 Å². The fraction of sp³-hybridized carbons (Fsp3) is 0.333. The summed E-state index contributed by atoms with van der Waals surface area (Å²) in [5.41, 5.74) is 5.26. The van der Waals surface area contributed by atoms with Crippen molar-refractivity contribution >= 4 is 70.5 Å². The van der Waals surface area contributed by atoms with Crippen molar-refractivity contribution in [3.05, 3.63) is 96.1 Å². The summed E-state index contributed by atoms with van der Waals surface area (Å²) in [4.78, 5) is 17.7. The molecule has 2 saturated carbocycles. The maximum atomic E-state index is 12.4. The third kappa shape index (κ3) is 6.20. The molecule has 0 spiro atoms. The number of nitrogens with zero attached hydrogens (tertiary/aromatic N) is 2. The highest BCUT2D eigenvalue weighted by Crippen LogP contribution is 2.54. The largest absolute Gasteiger partial charge is 0.456 e. The predicted octanol–water partition coefficient (Wildman–Crippen LogP) is 11.9. The second-order valence-corrected chi connectivity index (χ2v) is 17.9. The molecule has 4 atom stereocenters. The lowest BCUT2D eigenvalue weighted by atomic mass is 9.79. The number of carbonyl (C=O) groups excluding carboxylic acids is 1. The highest BCUT2D eigenvalue weighted by atomic mass is 32.1. The van der Waals surface area contributed by atoms with Crippen LogP contribution < -0.4 is 4.90 Å². The lowest BCUT2D eigenvalue weighted by Gasteiger charge is -2.41. The number of hydrogen-bond donors (Lipinski definition) is 0. The van der Waals surface area contributed by atoms with E-state index in [9.17, 15) is 10.1 Å². The van der Waals surface area contributed by atoms with E-state index in [0.29, 0.717) is 12.0 Å². The van der Waals surface area contributed by atoms with Crippen LogP contribution in [0.3, 0.4) is 0 Å². The van der Waals surface area contributed by atoms with Crippen LogP contribution in [-0.2, 0) is 9.53 Å². The molecular formula is C42H40N2O2S3. The molecule has 0 saturated heterocycles. The minimum absolute atomic E-state index is 0.00398. The maximum absolute atomic E-state index is 12.4. The molecule has 49 heavy (non-hydrogen) atoms. The zero-order chi connectivity index (χ0) is 33.9. The molecule has 0 radical (unpaired) electrons. The molecule has 3 aromatic heterocycles. The van der Waals surface area contributed by atoms with Gasteiger partial charge in [0.25, 0.3) is 0 Å². The lowest BCUT2D eigenvalue weighted by Crippen LogP contribution is -2.45. The Labute approximate surface area is 300 Å². The Bertz CT molecular complexity index is 2160. The van der Waals surface area contributed by atoms with Gasteiger partial charge >= 0.3 is 5.97 Å². The molecule has 1 aliphatic heterocycles. The van der Waals surface area contributed by atoms with Gasteiger partial charge in [0.05, 0.1) is 9.40 Å². The summed E-state index contributed by atoms with van der Waals surface area (Å²) in [6, 6.07) is 24.6. The second-order valence-electron chi connectivity index (χ2n) is 14.7. The SMILES string of the molecule is C=C1/C=C\CCCN(c2ccc(-c3cc4sc5cc(-c6ccc(/C=C(\C#N)C(=O)OC(C)(C)C)cc6)sc5c4s3)cc2)C2C3CCC(C3)C12. The number of fused-ring (bicyclic) bond motifs is 8. The summed E-state index contributed by atoms with van der Waals surface area (Å²) < 4.78 is 10.7. The summed E-state index contributed by atoms with van der Waals surface area (Å²) in [7, 11) is 0. The van der Waals surface area contributed by atoms with Gasteiger partial charge in [-0.2, -0.15) is 5.26 Å². The molecule has 2 bridgehead atoms. The van der Waals surface area contributed by atoms with Gasteiger partial charge in [0.2, 0.25) is 0 Å². The molecule has 0 amide bonds. The van der Waals surface area contributed by atoms with Gasteiger partial charge in [-0.3, -0.25) is 0 Å². The molecule has 4 heterocycles. The quantitative estimate of drug-likeness (QED) is 0.104.